The lowest BCUT2D eigenvalue weighted by molar-refractivity contribution is 0.379. The van der Waals surface area contributed by atoms with Gasteiger partial charge < -0.3 is 5.32 Å². The quantitative estimate of drug-likeness (QED) is 0.602. The first-order chi connectivity index (χ1) is 7.24. The van der Waals surface area contributed by atoms with Gasteiger partial charge in [0.2, 0.25) is 0 Å². The van der Waals surface area contributed by atoms with Gasteiger partial charge >= 0.3 is 0 Å². The van der Waals surface area contributed by atoms with Crippen molar-refractivity contribution in [3.8, 4) is 11.8 Å². The van der Waals surface area contributed by atoms with Crippen molar-refractivity contribution in [1.82, 2.24) is 5.32 Å². The van der Waals surface area contributed by atoms with Crippen LogP contribution in [0.3, 0.4) is 0 Å². The third-order valence-corrected chi connectivity index (χ3v) is 2.86. The molecule has 0 fully saturated rings. The van der Waals surface area contributed by atoms with Gasteiger partial charge in [-0.25, -0.2) is 0 Å². The van der Waals surface area contributed by atoms with Crippen molar-refractivity contribution in [3.05, 3.63) is 0 Å². The lowest BCUT2D eigenvalue weighted by Gasteiger charge is -2.20. The molecule has 0 rings (SSSR count). The Bertz CT molecular complexity index is 187. The summed E-state index contributed by atoms with van der Waals surface area (Å²) < 4.78 is 0. The van der Waals surface area contributed by atoms with Gasteiger partial charge in [0.25, 0.3) is 0 Å². The minimum absolute atomic E-state index is 0.667. The molecule has 1 N–H and O–H groups in total. The molecule has 0 aromatic carbocycles. The molecule has 15 heavy (non-hydrogen) atoms. The summed E-state index contributed by atoms with van der Waals surface area (Å²) in [4.78, 5) is 0. The Kier molecular flexibility index (Phi) is 9.73. The fraction of sp³-hybridized carbons (Fsp3) is 0.857. The first kappa shape index (κ1) is 14.5. The Morgan fingerprint density at radius 1 is 1.27 bits per heavy atom. The number of nitrogens with one attached hydrogen (secondary N) is 1. The second-order valence-corrected chi connectivity index (χ2v) is 4.37. The van der Waals surface area contributed by atoms with E-state index in [0.717, 1.165) is 18.9 Å². The van der Waals surface area contributed by atoms with Crippen LogP contribution in [0.25, 0.3) is 0 Å². The molecule has 0 aliphatic rings. The summed E-state index contributed by atoms with van der Waals surface area (Å²) in [6.45, 7) is 9.89. The van der Waals surface area contributed by atoms with Crippen molar-refractivity contribution in [2.75, 3.05) is 6.54 Å². The average Bonchev–Trinajstić information content (AvgIpc) is 2.25. The molecule has 88 valence electrons. The fourth-order valence-electron chi connectivity index (χ4n) is 1.68. The van der Waals surface area contributed by atoms with E-state index in [1.165, 1.54) is 25.7 Å². The van der Waals surface area contributed by atoms with Crippen LogP contribution in [0.5, 0.6) is 0 Å². The predicted octanol–water partition coefficient (Wildman–Crippen LogP) is 3.59. The van der Waals surface area contributed by atoms with Crippen LogP contribution in [-0.4, -0.2) is 12.6 Å². The lowest BCUT2D eigenvalue weighted by Crippen LogP contribution is -2.31. The van der Waals surface area contributed by atoms with Gasteiger partial charge in [0.05, 0.1) is 0 Å². The van der Waals surface area contributed by atoms with Crippen LogP contribution in [-0.2, 0) is 0 Å². The van der Waals surface area contributed by atoms with Gasteiger partial charge in [0, 0.05) is 12.5 Å². The van der Waals surface area contributed by atoms with Gasteiger partial charge in [0.1, 0.15) is 0 Å². The Morgan fingerprint density at radius 3 is 2.53 bits per heavy atom. The molecule has 0 spiro atoms. The summed E-state index contributed by atoms with van der Waals surface area (Å²) in [6, 6.07) is 0.667. The van der Waals surface area contributed by atoms with E-state index < -0.39 is 0 Å². The maximum absolute atomic E-state index is 3.63. The highest BCUT2D eigenvalue weighted by molar-refractivity contribution is 4.95. The molecule has 0 aliphatic heterocycles. The average molecular weight is 209 g/mol. The molecule has 0 bridgehead atoms. The van der Waals surface area contributed by atoms with Gasteiger partial charge in [-0.3, -0.25) is 0 Å². The molecule has 1 heteroatoms. The maximum atomic E-state index is 3.63. The summed E-state index contributed by atoms with van der Waals surface area (Å²) in [6.07, 6.45) is 6.03. The van der Waals surface area contributed by atoms with Gasteiger partial charge in [-0.1, -0.05) is 27.2 Å². The highest BCUT2D eigenvalue weighted by Gasteiger charge is 2.10. The molecule has 0 saturated heterocycles. The van der Waals surface area contributed by atoms with Crippen molar-refractivity contribution in [2.45, 2.75) is 65.8 Å². The topological polar surface area (TPSA) is 12.0 Å². The lowest BCUT2D eigenvalue weighted by atomic mass is 9.96. The molecule has 0 aromatic rings. The van der Waals surface area contributed by atoms with E-state index in [1.807, 2.05) is 6.92 Å². The minimum atomic E-state index is 0.667. The SMILES string of the molecule is CC#CCCC(CC(C)CC)NCCC. The Hall–Kier alpha value is -0.480. The molecule has 0 aromatic heterocycles. The highest BCUT2D eigenvalue weighted by Crippen LogP contribution is 2.13. The fourth-order valence-corrected chi connectivity index (χ4v) is 1.68. The summed E-state index contributed by atoms with van der Waals surface area (Å²) in [5, 5.41) is 3.63. The van der Waals surface area contributed by atoms with Crippen molar-refractivity contribution in [3.63, 3.8) is 0 Å². The van der Waals surface area contributed by atoms with E-state index in [4.69, 9.17) is 0 Å². The predicted molar refractivity (Wildman–Crippen MR) is 68.8 cm³/mol. The molecule has 0 heterocycles. The minimum Gasteiger partial charge on any atom is -0.314 e. The molecule has 0 aliphatic carbocycles. The maximum Gasteiger partial charge on any atom is 0.0103 e. The van der Waals surface area contributed by atoms with Crippen LogP contribution in [0.2, 0.25) is 0 Å². The Morgan fingerprint density at radius 2 is 2.00 bits per heavy atom. The number of hydrogen-bond acceptors (Lipinski definition) is 1. The number of hydrogen-bond donors (Lipinski definition) is 1. The normalized spacial score (nSPS) is 14.1. The van der Waals surface area contributed by atoms with Crippen LogP contribution in [0, 0.1) is 17.8 Å². The summed E-state index contributed by atoms with van der Waals surface area (Å²) >= 11 is 0. The zero-order valence-corrected chi connectivity index (χ0v) is 10.9. The zero-order chi connectivity index (χ0) is 11.5. The van der Waals surface area contributed by atoms with Crippen LogP contribution in [0.4, 0.5) is 0 Å². The second-order valence-electron chi connectivity index (χ2n) is 4.37. The molecular formula is C14H27N. The van der Waals surface area contributed by atoms with E-state index in [9.17, 15) is 0 Å². The van der Waals surface area contributed by atoms with Crippen molar-refractivity contribution < 1.29 is 0 Å². The second kappa shape index (κ2) is 10.1. The third-order valence-electron chi connectivity index (χ3n) is 2.86. The van der Waals surface area contributed by atoms with Crippen molar-refractivity contribution >= 4 is 0 Å². The van der Waals surface area contributed by atoms with Crippen LogP contribution in [0.1, 0.15) is 59.8 Å². The smallest absolute Gasteiger partial charge is 0.0103 e. The third kappa shape index (κ3) is 8.51. The highest BCUT2D eigenvalue weighted by atomic mass is 14.9. The van der Waals surface area contributed by atoms with Gasteiger partial charge in [0.15, 0.2) is 0 Å². The van der Waals surface area contributed by atoms with Gasteiger partial charge in [-0.05, 0) is 38.6 Å². The molecule has 2 atom stereocenters. The summed E-state index contributed by atoms with van der Waals surface area (Å²) in [7, 11) is 0. The molecule has 2 unspecified atom stereocenters. The molecule has 0 amide bonds. The summed E-state index contributed by atoms with van der Waals surface area (Å²) in [5.74, 6) is 6.95. The molecule has 0 radical (unpaired) electrons. The molecular weight excluding hydrogens is 182 g/mol. The van der Waals surface area contributed by atoms with Crippen molar-refractivity contribution in [1.29, 1.82) is 0 Å². The van der Waals surface area contributed by atoms with Crippen LogP contribution < -0.4 is 5.32 Å². The zero-order valence-electron chi connectivity index (χ0n) is 10.9. The first-order valence-corrected chi connectivity index (χ1v) is 6.37. The standard InChI is InChI=1S/C14H27N/c1-5-8-9-10-14(15-11-6-2)12-13(4)7-3/h13-15H,6-7,9-12H2,1-4H3. The molecule has 0 saturated carbocycles. The van der Waals surface area contributed by atoms with Gasteiger partial charge in [-0.2, -0.15) is 0 Å². The Labute approximate surface area is 96.0 Å². The van der Waals surface area contributed by atoms with E-state index >= 15 is 0 Å². The van der Waals surface area contributed by atoms with E-state index in [2.05, 4.69) is 37.9 Å². The van der Waals surface area contributed by atoms with Crippen LogP contribution >= 0.6 is 0 Å². The van der Waals surface area contributed by atoms with E-state index in [0.29, 0.717) is 6.04 Å². The largest absolute Gasteiger partial charge is 0.314 e. The monoisotopic (exact) mass is 209 g/mol. The summed E-state index contributed by atoms with van der Waals surface area (Å²) in [5.41, 5.74) is 0. The van der Waals surface area contributed by atoms with E-state index in [-0.39, 0.29) is 0 Å². The first-order valence-electron chi connectivity index (χ1n) is 6.37. The molecule has 1 nitrogen and oxygen atoms in total. The van der Waals surface area contributed by atoms with Gasteiger partial charge in [-0.15, -0.1) is 11.8 Å². The van der Waals surface area contributed by atoms with E-state index in [1.54, 1.807) is 0 Å². The van der Waals surface area contributed by atoms with Crippen LogP contribution in [0.15, 0.2) is 0 Å². The number of rotatable bonds is 8. The van der Waals surface area contributed by atoms with Crippen molar-refractivity contribution in [2.24, 2.45) is 5.92 Å². The Balaban J connectivity index is 3.86.